The van der Waals surface area contributed by atoms with Gasteiger partial charge in [0.1, 0.15) is 10.6 Å². The van der Waals surface area contributed by atoms with Crippen molar-refractivity contribution >= 4 is 21.6 Å². The Kier molecular flexibility index (Phi) is 7.35. The normalized spacial score (nSPS) is 13.1. The monoisotopic (exact) mass is 486 g/mol. The molecule has 0 aliphatic rings. The van der Waals surface area contributed by atoms with E-state index in [1.807, 2.05) is 13.8 Å². The summed E-state index contributed by atoms with van der Waals surface area (Å²) in [7, 11) is 1.49. The molecule has 1 unspecified atom stereocenters. The molecule has 3 aromatic rings. The van der Waals surface area contributed by atoms with Gasteiger partial charge in [0.25, 0.3) is 5.56 Å². The van der Waals surface area contributed by atoms with Crippen LogP contribution in [0.3, 0.4) is 0 Å². The van der Waals surface area contributed by atoms with Gasteiger partial charge in [-0.15, -0.1) is 24.5 Å². The summed E-state index contributed by atoms with van der Waals surface area (Å²) in [4.78, 5) is 26.8. The summed E-state index contributed by atoms with van der Waals surface area (Å²) in [6.45, 7) is 3.57. The Bertz CT molecular complexity index is 1260. The van der Waals surface area contributed by atoms with Crippen LogP contribution in [0.5, 0.6) is 5.75 Å². The van der Waals surface area contributed by atoms with Crippen LogP contribution < -0.4 is 16.0 Å². The number of halogens is 3. The van der Waals surface area contributed by atoms with Gasteiger partial charge in [0.2, 0.25) is 0 Å². The predicted molar refractivity (Wildman–Crippen MR) is 120 cm³/mol. The first-order valence-electron chi connectivity index (χ1n) is 10.4. The number of alkyl halides is 3. The first-order chi connectivity index (χ1) is 15.4. The molecule has 0 bridgehead atoms. The highest BCUT2D eigenvalue weighted by molar-refractivity contribution is 7.22. The van der Waals surface area contributed by atoms with Gasteiger partial charge in [0.15, 0.2) is 0 Å². The number of hydrogen-bond acceptors (Lipinski definition) is 6. The molecule has 33 heavy (non-hydrogen) atoms. The van der Waals surface area contributed by atoms with Crippen molar-refractivity contribution in [2.75, 3.05) is 6.61 Å². The maximum atomic E-state index is 13.3. The molecule has 0 amide bonds. The standard InChI is InChI=1S/C22H25F3N2O5S/c1-12(2)10-15(29)16-17-19(30)27(8-5-9-28)21(31)26(3)20(17)33-18(16)13-6-4-7-14(11-13)32-22(23,24)25/h4,6-7,11-12,15,28-29H,5,8-10H2,1-3H3. The third-order valence-electron chi connectivity index (χ3n) is 5.11. The van der Waals surface area contributed by atoms with Gasteiger partial charge < -0.3 is 14.9 Å². The van der Waals surface area contributed by atoms with Crippen LogP contribution in [0.4, 0.5) is 13.2 Å². The lowest BCUT2D eigenvalue weighted by Crippen LogP contribution is -2.39. The van der Waals surface area contributed by atoms with E-state index in [0.29, 0.717) is 21.7 Å². The Labute approximate surface area is 191 Å². The van der Waals surface area contributed by atoms with E-state index in [9.17, 15) is 27.9 Å². The molecule has 0 spiro atoms. The minimum atomic E-state index is -4.87. The summed E-state index contributed by atoms with van der Waals surface area (Å²) in [5.74, 6) is -0.372. The Morgan fingerprint density at radius 3 is 2.52 bits per heavy atom. The smallest absolute Gasteiger partial charge is 0.406 e. The van der Waals surface area contributed by atoms with Crippen molar-refractivity contribution in [3.63, 3.8) is 0 Å². The van der Waals surface area contributed by atoms with Crippen LogP contribution in [0.2, 0.25) is 0 Å². The largest absolute Gasteiger partial charge is 0.573 e. The third kappa shape index (κ3) is 5.31. The zero-order valence-corrected chi connectivity index (χ0v) is 19.2. The molecule has 2 heterocycles. The van der Waals surface area contributed by atoms with E-state index in [1.165, 1.54) is 23.7 Å². The molecule has 2 aromatic heterocycles. The summed E-state index contributed by atoms with van der Waals surface area (Å²) in [6, 6.07) is 5.29. The second-order valence-electron chi connectivity index (χ2n) is 8.12. The minimum absolute atomic E-state index is 0.00223. The maximum Gasteiger partial charge on any atom is 0.573 e. The topological polar surface area (TPSA) is 93.7 Å². The van der Waals surface area contributed by atoms with E-state index < -0.39 is 29.5 Å². The van der Waals surface area contributed by atoms with Gasteiger partial charge in [-0.3, -0.25) is 13.9 Å². The number of hydrogen-bond donors (Lipinski definition) is 2. The molecule has 0 radical (unpaired) electrons. The maximum absolute atomic E-state index is 13.3. The molecule has 0 aliphatic carbocycles. The number of fused-ring (bicyclic) bond motifs is 1. The van der Waals surface area contributed by atoms with E-state index >= 15 is 0 Å². The van der Waals surface area contributed by atoms with Gasteiger partial charge in [-0.2, -0.15) is 0 Å². The number of aryl methyl sites for hydroxylation is 1. The van der Waals surface area contributed by atoms with Crippen LogP contribution in [-0.2, 0) is 13.6 Å². The van der Waals surface area contributed by atoms with Gasteiger partial charge in [0.05, 0.1) is 11.5 Å². The molecule has 0 aliphatic heterocycles. The summed E-state index contributed by atoms with van der Waals surface area (Å²) < 4.78 is 44.5. The highest BCUT2D eigenvalue weighted by Gasteiger charge is 2.32. The summed E-state index contributed by atoms with van der Waals surface area (Å²) in [6.07, 6.45) is -5.46. The predicted octanol–water partition coefficient (Wildman–Crippen LogP) is 3.79. The number of rotatable bonds is 8. The van der Waals surface area contributed by atoms with Crippen molar-refractivity contribution in [1.29, 1.82) is 0 Å². The first kappa shape index (κ1) is 25.0. The van der Waals surface area contributed by atoms with Crippen molar-refractivity contribution in [2.45, 2.75) is 45.7 Å². The van der Waals surface area contributed by atoms with Crippen molar-refractivity contribution in [2.24, 2.45) is 13.0 Å². The van der Waals surface area contributed by atoms with Gasteiger partial charge >= 0.3 is 12.1 Å². The van der Waals surface area contributed by atoms with Crippen LogP contribution in [0.15, 0.2) is 33.9 Å². The van der Waals surface area contributed by atoms with Crippen LogP contribution in [0.1, 0.15) is 38.4 Å². The molecule has 2 N–H and O–H groups in total. The highest BCUT2D eigenvalue weighted by Crippen LogP contribution is 2.42. The number of ether oxygens (including phenoxy) is 1. The molecule has 7 nitrogen and oxygen atoms in total. The van der Waals surface area contributed by atoms with Crippen molar-refractivity contribution in [3.05, 3.63) is 50.7 Å². The van der Waals surface area contributed by atoms with Gasteiger partial charge in [-0.1, -0.05) is 26.0 Å². The quantitative estimate of drug-likeness (QED) is 0.505. The molecule has 0 saturated carbocycles. The molecular weight excluding hydrogens is 461 g/mol. The van der Waals surface area contributed by atoms with Crippen molar-refractivity contribution < 1.29 is 28.1 Å². The minimum Gasteiger partial charge on any atom is -0.406 e. The fourth-order valence-corrected chi connectivity index (χ4v) is 5.02. The fraction of sp³-hybridized carbons (Fsp3) is 0.455. The van der Waals surface area contributed by atoms with Crippen molar-refractivity contribution in [1.82, 2.24) is 9.13 Å². The van der Waals surface area contributed by atoms with E-state index in [4.69, 9.17) is 5.11 Å². The molecule has 11 heteroatoms. The second-order valence-corrected chi connectivity index (χ2v) is 9.12. The van der Waals surface area contributed by atoms with Crippen LogP contribution in [0, 0.1) is 5.92 Å². The Hall–Kier alpha value is -2.63. The zero-order chi connectivity index (χ0) is 24.5. The molecule has 180 valence electrons. The lowest BCUT2D eigenvalue weighted by atomic mass is 9.96. The highest BCUT2D eigenvalue weighted by atomic mass is 32.1. The third-order valence-corrected chi connectivity index (χ3v) is 6.44. The number of aromatic nitrogens is 2. The SMILES string of the molecule is CC(C)CC(O)c1c(-c2cccc(OC(F)(F)F)c2)sc2c1c(=O)n(CCCO)c(=O)n2C. The fourth-order valence-electron chi connectivity index (χ4n) is 3.72. The van der Waals surface area contributed by atoms with E-state index in [0.717, 1.165) is 22.0 Å². The van der Waals surface area contributed by atoms with E-state index in [1.54, 1.807) is 6.07 Å². The van der Waals surface area contributed by atoms with Crippen LogP contribution in [0.25, 0.3) is 20.7 Å². The Balaban J connectivity index is 2.33. The summed E-state index contributed by atoms with van der Waals surface area (Å²) in [5.41, 5.74) is -0.590. The van der Waals surface area contributed by atoms with Gasteiger partial charge in [-0.05, 0) is 36.5 Å². The van der Waals surface area contributed by atoms with Crippen LogP contribution in [-0.4, -0.2) is 32.3 Å². The lowest BCUT2D eigenvalue weighted by molar-refractivity contribution is -0.274. The first-order valence-corrected chi connectivity index (χ1v) is 11.2. The number of thiophene rings is 1. The summed E-state index contributed by atoms with van der Waals surface area (Å²) >= 11 is 1.05. The number of nitrogens with zero attached hydrogens (tertiary/aromatic N) is 2. The average Bonchev–Trinajstić information content (AvgIpc) is 3.12. The number of benzene rings is 1. The van der Waals surface area contributed by atoms with Crippen LogP contribution >= 0.6 is 11.3 Å². The molecule has 1 atom stereocenters. The van der Waals surface area contributed by atoms with Gasteiger partial charge in [-0.25, -0.2) is 4.79 Å². The Morgan fingerprint density at radius 2 is 1.91 bits per heavy atom. The Morgan fingerprint density at radius 1 is 1.21 bits per heavy atom. The molecule has 0 fully saturated rings. The number of aliphatic hydroxyl groups is 2. The molecule has 1 aromatic carbocycles. The van der Waals surface area contributed by atoms with Gasteiger partial charge in [0, 0.05) is 30.6 Å². The van der Waals surface area contributed by atoms with Crippen molar-refractivity contribution in [3.8, 4) is 16.2 Å². The van der Waals surface area contributed by atoms with E-state index in [2.05, 4.69) is 4.74 Å². The molecule has 3 rings (SSSR count). The molecule has 0 saturated heterocycles. The summed E-state index contributed by atoms with van der Waals surface area (Å²) in [5, 5.41) is 20.3. The lowest BCUT2D eigenvalue weighted by Gasteiger charge is -2.16. The number of aliphatic hydroxyl groups excluding tert-OH is 2. The second kappa shape index (κ2) is 9.70. The zero-order valence-electron chi connectivity index (χ0n) is 18.3. The average molecular weight is 487 g/mol. The van der Waals surface area contributed by atoms with E-state index in [-0.39, 0.29) is 36.4 Å². The molecular formula is C22H25F3N2O5S.